The summed E-state index contributed by atoms with van der Waals surface area (Å²) in [5.41, 5.74) is 0.175. The van der Waals surface area contributed by atoms with Crippen LogP contribution in [0.15, 0.2) is 18.2 Å². The quantitative estimate of drug-likeness (QED) is 0.907. The number of hydrogen-bond acceptors (Lipinski definition) is 3. The normalized spacial score (nSPS) is 22.9. The molecule has 0 aromatic heterocycles. The van der Waals surface area contributed by atoms with Crippen LogP contribution in [-0.4, -0.2) is 35.2 Å². The van der Waals surface area contributed by atoms with Gasteiger partial charge in [-0.2, -0.15) is 0 Å². The molecular formula is C15H20ClNO3. The molecule has 1 aliphatic rings. The highest BCUT2D eigenvalue weighted by Crippen LogP contribution is 2.35. The van der Waals surface area contributed by atoms with Crippen molar-refractivity contribution >= 4 is 17.6 Å². The maximum atomic E-state index is 11.7. The van der Waals surface area contributed by atoms with E-state index in [2.05, 4.69) is 0 Å². The third kappa shape index (κ3) is 2.63. The number of likely N-dealkylation sites (tertiary alicyclic amines) is 1. The maximum Gasteiger partial charge on any atom is 0.324 e. The van der Waals surface area contributed by atoms with Gasteiger partial charge in [-0.05, 0) is 44.0 Å². The average Bonchev–Trinajstić information content (AvgIpc) is 2.83. The highest BCUT2D eigenvalue weighted by Gasteiger charge is 2.46. The predicted octanol–water partition coefficient (Wildman–Crippen LogP) is 3.18. The summed E-state index contributed by atoms with van der Waals surface area (Å²) < 4.78 is 5.34. The van der Waals surface area contributed by atoms with Crippen LogP contribution in [0.5, 0.6) is 5.75 Å². The number of carboxylic acids is 1. The molecule has 0 spiro atoms. The van der Waals surface area contributed by atoms with E-state index >= 15 is 0 Å². The zero-order chi connectivity index (χ0) is 14.8. The van der Waals surface area contributed by atoms with Crippen LogP contribution in [0.3, 0.4) is 0 Å². The lowest BCUT2D eigenvalue weighted by Crippen LogP contribution is -2.49. The molecule has 1 heterocycles. The molecule has 1 atom stereocenters. The first kappa shape index (κ1) is 15.1. The number of carbonyl (C=O) groups is 1. The van der Waals surface area contributed by atoms with Crippen molar-refractivity contribution in [2.75, 3.05) is 13.7 Å². The Morgan fingerprint density at radius 1 is 1.55 bits per heavy atom. The fourth-order valence-corrected chi connectivity index (χ4v) is 3.23. The molecule has 1 aromatic rings. The molecule has 2 rings (SSSR count). The monoisotopic (exact) mass is 297 g/mol. The molecule has 1 unspecified atom stereocenters. The van der Waals surface area contributed by atoms with Gasteiger partial charge in [0.15, 0.2) is 0 Å². The zero-order valence-corrected chi connectivity index (χ0v) is 12.6. The van der Waals surface area contributed by atoms with E-state index < -0.39 is 11.5 Å². The smallest absolute Gasteiger partial charge is 0.324 e. The minimum Gasteiger partial charge on any atom is -0.496 e. The van der Waals surface area contributed by atoms with Gasteiger partial charge in [0.05, 0.1) is 7.11 Å². The van der Waals surface area contributed by atoms with Crippen LogP contribution in [0.25, 0.3) is 0 Å². The molecular weight excluding hydrogens is 278 g/mol. The minimum atomic E-state index is -0.757. The van der Waals surface area contributed by atoms with Gasteiger partial charge in [0.2, 0.25) is 0 Å². The van der Waals surface area contributed by atoms with Crippen LogP contribution in [0.2, 0.25) is 5.02 Å². The Balaban J connectivity index is 2.29. The van der Waals surface area contributed by atoms with Gasteiger partial charge in [0, 0.05) is 17.1 Å². The second kappa shape index (κ2) is 6.02. The van der Waals surface area contributed by atoms with Gasteiger partial charge in [-0.1, -0.05) is 18.5 Å². The lowest BCUT2D eigenvalue weighted by molar-refractivity contribution is -0.150. The highest BCUT2D eigenvalue weighted by molar-refractivity contribution is 6.30. The number of rotatable bonds is 5. The molecule has 1 N–H and O–H groups in total. The molecule has 5 heteroatoms. The number of benzene rings is 1. The maximum absolute atomic E-state index is 11.7. The van der Waals surface area contributed by atoms with E-state index in [1.807, 2.05) is 24.0 Å². The van der Waals surface area contributed by atoms with Gasteiger partial charge in [0.25, 0.3) is 0 Å². The van der Waals surface area contributed by atoms with Crippen LogP contribution in [-0.2, 0) is 11.3 Å². The standard InChI is InChI=1S/C15H20ClNO3/c1-3-15(14(18)19)7-4-8-17(15)10-11-9-12(16)5-6-13(11)20-2/h5-6,9H,3-4,7-8,10H2,1-2H3,(H,18,19). The van der Waals surface area contributed by atoms with Crippen LogP contribution in [0.1, 0.15) is 31.7 Å². The van der Waals surface area contributed by atoms with E-state index in [-0.39, 0.29) is 0 Å². The van der Waals surface area contributed by atoms with Crippen molar-refractivity contribution in [3.8, 4) is 5.75 Å². The molecule has 4 nitrogen and oxygen atoms in total. The van der Waals surface area contributed by atoms with Gasteiger partial charge < -0.3 is 9.84 Å². The summed E-state index contributed by atoms with van der Waals surface area (Å²) in [5.74, 6) is 0.00943. The van der Waals surface area contributed by atoms with Crippen molar-refractivity contribution in [1.82, 2.24) is 4.90 Å². The minimum absolute atomic E-state index is 0.546. The number of aliphatic carboxylic acids is 1. The van der Waals surface area contributed by atoms with Crippen molar-refractivity contribution in [2.24, 2.45) is 0 Å². The molecule has 20 heavy (non-hydrogen) atoms. The van der Waals surface area contributed by atoms with Gasteiger partial charge in [-0.15, -0.1) is 0 Å². The number of hydrogen-bond donors (Lipinski definition) is 1. The summed E-state index contributed by atoms with van der Waals surface area (Å²) in [6, 6.07) is 5.45. The van der Waals surface area contributed by atoms with Crippen LogP contribution in [0, 0.1) is 0 Å². The first-order valence-electron chi connectivity index (χ1n) is 6.84. The van der Waals surface area contributed by atoms with Gasteiger partial charge in [-0.3, -0.25) is 9.69 Å². The SMILES string of the molecule is CCC1(C(=O)O)CCCN1Cc1cc(Cl)ccc1OC. The summed E-state index contributed by atoms with van der Waals surface area (Å²) in [4.78, 5) is 13.7. The lowest BCUT2D eigenvalue weighted by Gasteiger charge is -2.34. The van der Waals surface area contributed by atoms with E-state index in [9.17, 15) is 9.90 Å². The third-order valence-corrected chi connectivity index (χ3v) is 4.45. The number of ether oxygens (including phenoxy) is 1. The third-order valence-electron chi connectivity index (χ3n) is 4.21. The van der Waals surface area contributed by atoms with E-state index in [0.29, 0.717) is 24.4 Å². The number of methoxy groups -OCH3 is 1. The fraction of sp³-hybridized carbons (Fsp3) is 0.533. The number of nitrogens with zero attached hydrogens (tertiary/aromatic N) is 1. The van der Waals surface area contributed by atoms with Gasteiger partial charge in [0.1, 0.15) is 11.3 Å². The summed E-state index contributed by atoms with van der Waals surface area (Å²) in [5, 5.41) is 10.2. The Labute approximate surface area is 124 Å². The van der Waals surface area contributed by atoms with E-state index in [0.717, 1.165) is 24.3 Å². The predicted molar refractivity (Wildman–Crippen MR) is 78.3 cm³/mol. The Hall–Kier alpha value is -1.26. The highest BCUT2D eigenvalue weighted by atomic mass is 35.5. The topological polar surface area (TPSA) is 49.8 Å². The molecule has 1 aromatic carbocycles. The van der Waals surface area contributed by atoms with E-state index in [1.54, 1.807) is 13.2 Å². The Kier molecular flexibility index (Phi) is 4.55. The van der Waals surface area contributed by atoms with E-state index in [1.165, 1.54) is 0 Å². The van der Waals surface area contributed by atoms with Crippen LogP contribution >= 0.6 is 11.6 Å². The van der Waals surface area contributed by atoms with Crippen molar-refractivity contribution in [3.05, 3.63) is 28.8 Å². The zero-order valence-electron chi connectivity index (χ0n) is 11.9. The molecule has 0 aliphatic carbocycles. The van der Waals surface area contributed by atoms with Gasteiger partial charge >= 0.3 is 5.97 Å². The molecule has 0 bridgehead atoms. The Morgan fingerprint density at radius 2 is 2.30 bits per heavy atom. The number of carboxylic acid groups (broad SMARTS) is 1. The molecule has 1 saturated heterocycles. The first-order valence-corrected chi connectivity index (χ1v) is 7.22. The molecule has 0 saturated carbocycles. The largest absolute Gasteiger partial charge is 0.496 e. The van der Waals surface area contributed by atoms with Gasteiger partial charge in [-0.25, -0.2) is 0 Å². The summed E-state index contributed by atoms with van der Waals surface area (Å²) in [7, 11) is 1.61. The Morgan fingerprint density at radius 3 is 2.90 bits per heavy atom. The summed E-state index contributed by atoms with van der Waals surface area (Å²) in [6.07, 6.45) is 2.20. The van der Waals surface area contributed by atoms with Crippen LogP contribution < -0.4 is 4.74 Å². The van der Waals surface area contributed by atoms with Crippen molar-refractivity contribution in [1.29, 1.82) is 0 Å². The molecule has 1 fully saturated rings. The fourth-order valence-electron chi connectivity index (χ4n) is 3.04. The Bertz CT molecular complexity index is 506. The summed E-state index contributed by atoms with van der Waals surface area (Å²) in [6.45, 7) is 3.27. The first-order chi connectivity index (χ1) is 9.53. The lowest BCUT2D eigenvalue weighted by atomic mass is 9.92. The molecule has 0 radical (unpaired) electrons. The number of halogens is 1. The summed E-state index contributed by atoms with van der Waals surface area (Å²) >= 11 is 6.04. The van der Waals surface area contributed by atoms with E-state index in [4.69, 9.17) is 16.3 Å². The average molecular weight is 298 g/mol. The molecule has 110 valence electrons. The van der Waals surface area contributed by atoms with Crippen LogP contribution in [0.4, 0.5) is 0 Å². The molecule has 1 aliphatic heterocycles. The second-order valence-corrected chi connectivity index (χ2v) is 5.61. The second-order valence-electron chi connectivity index (χ2n) is 5.17. The van der Waals surface area contributed by atoms with Crippen molar-refractivity contribution in [3.63, 3.8) is 0 Å². The molecule has 0 amide bonds. The van der Waals surface area contributed by atoms with Crippen molar-refractivity contribution in [2.45, 2.75) is 38.3 Å². The van der Waals surface area contributed by atoms with Crippen molar-refractivity contribution < 1.29 is 14.6 Å².